The van der Waals surface area contributed by atoms with Crippen molar-refractivity contribution in [3.8, 4) is 0 Å². The lowest BCUT2D eigenvalue weighted by Crippen LogP contribution is -2.16. The van der Waals surface area contributed by atoms with E-state index in [1.165, 1.54) is 22.7 Å². The van der Waals surface area contributed by atoms with Gasteiger partial charge in [-0.15, -0.1) is 17.9 Å². The highest BCUT2D eigenvalue weighted by atomic mass is 79.9. The zero-order valence-electron chi connectivity index (χ0n) is 11.6. The first-order valence-corrected chi connectivity index (χ1v) is 9.62. The molecule has 8 heteroatoms. The minimum absolute atomic E-state index is 0.285. The number of fused-ring (bicyclic) bond motifs is 1. The maximum atomic E-state index is 12.3. The number of hydrogen-bond acceptors (Lipinski definition) is 3. The summed E-state index contributed by atoms with van der Waals surface area (Å²) in [6.45, 7) is 4.24. The SMILES string of the molecule is C=CCn1c(=NC(=O)c2ccc(Br)s2)sc2ccc(Cl)c(Cl)c21. The Balaban J connectivity index is 2.22. The molecule has 23 heavy (non-hydrogen) atoms. The van der Waals surface area contributed by atoms with Crippen molar-refractivity contribution in [1.82, 2.24) is 4.57 Å². The normalized spacial score (nSPS) is 12.0. The van der Waals surface area contributed by atoms with Gasteiger partial charge in [-0.05, 0) is 40.2 Å². The predicted octanol–water partition coefficient (Wildman–Crippen LogP) is 5.76. The van der Waals surface area contributed by atoms with Crippen LogP contribution in [-0.2, 0) is 6.54 Å². The highest BCUT2D eigenvalue weighted by Gasteiger charge is 2.14. The van der Waals surface area contributed by atoms with Crippen LogP contribution in [0.4, 0.5) is 0 Å². The molecule has 0 N–H and O–H groups in total. The number of allylic oxidation sites excluding steroid dienone is 1. The fourth-order valence-electron chi connectivity index (χ4n) is 2.06. The van der Waals surface area contributed by atoms with E-state index in [-0.39, 0.29) is 5.91 Å². The number of amides is 1. The molecule has 0 radical (unpaired) electrons. The zero-order valence-corrected chi connectivity index (χ0v) is 16.3. The highest BCUT2D eigenvalue weighted by Crippen LogP contribution is 2.32. The number of nitrogens with zero attached hydrogens (tertiary/aromatic N) is 2. The van der Waals surface area contributed by atoms with Gasteiger partial charge in [-0.1, -0.05) is 40.6 Å². The number of carbonyl (C=O) groups excluding carboxylic acids is 1. The number of thiazole rings is 1. The van der Waals surface area contributed by atoms with Gasteiger partial charge in [-0.3, -0.25) is 4.79 Å². The van der Waals surface area contributed by atoms with Crippen molar-refractivity contribution in [2.24, 2.45) is 4.99 Å². The summed E-state index contributed by atoms with van der Waals surface area (Å²) in [5, 5.41) is 0.921. The highest BCUT2D eigenvalue weighted by molar-refractivity contribution is 9.11. The minimum Gasteiger partial charge on any atom is -0.311 e. The number of thiophene rings is 1. The molecule has 1 aromatic carbocycles. The number of halogens is 3. The fourth-order valence-corrected chi connectivity index (χ4v) is 4.85. The van der Waals surface area contributed by atoms with E-state index in [0.717, 1.165) is 14.0 Å². The number of aromatic nitrogens is 1. The Kier molecular flexibility index (Phi) is 5.08. The number of rotatable bonds is 3. The van der Waals surface area contributed by atoms with Crippen molar-refractivity contribution >= 4 is 77.9 Å². The molecular formula is C15H9BrCl2N2OS2. The smallest absolute Gasteiger partial charge is 0.289 e. The van der Waals surface area contributed by atoms with Crippen LogP contribution in [0.15, 0.2) is 45.7 Å². The van der Waals surface area contributed by atoms with E-state index < -0.39 is 0 Å². The van der Waals surface area contributed by atoms with E-state index in [4.69, 9.17) is 23.2 Å². The van der Waals surface area contributed by atoms with Crippen LogP contribution in [0, 0.1) is 0 Å². The van der Waals surface area contributed by atoms with Crippen molar-refractivity contribution in [2.75, 3.05) is 0 Å². The third-order valence-electron chi connectivity index (χ3n) is 3.03. The Morgan fingerprint density at radius 3 is 2.74 bits per heavy atom. The van der Waals surface area contributed by atoms with Gasteiger partial charge >= 0.3 is 0 Å². The zero-order chi connectivity index (χ0) is 16.6. The van der Waals surface area contributed by atoms with Gasteiger partial charge in [0.2, 0.25) is 0 Å². The molecular weight excluding hydrogens is 439 g/mol. The molecule has 0 fully saturated rings. The molecule has 0 saturated heterocycles. The van der Waals surface area contributed by atoms with Crippen molar-refractivity contribution in [3.05, 3.63) is 60.4 Å². The number of hydrogen-bond donors (Lipinski definition) is 0. The monoisotopic (exact) mass is 446 g/mol. The molecule has 0 aliphatic rings. The number of benzene rings is 1. The lowest BCUT2D eigenvalue weighted by molar-refractivity contribution is 0.100. The summed E-state index contributed by atoms with van der Waals surface area (Å²) < 4.78 is 3.66. The van der Waals surface area contributed by atoms with Gasteiger partial charge in [0.1, 0.15) is 0 Å². The Hall–Kier alpha value is -0.920. The van der Waals surface area contributed by atoms with E-state index in [0.29, 0.717) is 26.3 Å². The van der Waals surface area contributed by atoms with Gasteiger partial charge in [0.05, 0.1) is 28.9 Å². The number of carbonyl (C=O) groups is 1. The standard InChI is InChI=1S/C15H9BrCl2N2OS2/c1-2-7-20-13-9(4-3-8(17)12(13)18)23-15(20)19-14(21)10-5-6-11(16)22-10/h2-6H,1,7H2. The molecule has 2 heterocycles. The average Bonchev–Trinajstić information content (AvgIpc) is 3.09. The summed E-state index contributed by atoms with van der Waals surface area (Å²) in [4.78, 5) is 17.7. The topological polar surface area (TPSA) is 34.4 Å². The first-order chi connectivity index (χ1) is 11.0. The van der Waals surface area contributed by atoms with Crippen molar-refractivity contribution in [1.29, 1.82) is 0 Å². The molecule has 0 saturated carbocycles. The molecule has 0 aliphatic heterocycles. The molecule has 118 valence electrons. The Labute approximate surface area is 158 Å². The average molecular weight is 448 g/mol. The lowest BCUT2D eigenvalue weighted by atomic mass is 10.3. The van der Waals surface area contributed by atoms with Crippen LogP contribution >= 0.6 is 61.8 Å². The van der Waals surface area contributed by atoms with Crippen molar-refractivity contribution in [3.63, 3.8) is 0 Å². The second kappa shape index (κ2) is 6.91. The molecule has 0 spiro atoms. The van der Waals surface area contributed by atoms with Gasteiger partial charge in [0.15, 0.2) is 4.80 Å². The summed E-state index contributed by atoms with van der Waals surface area (Å²) in [5.41, 5.74) is 0.767. The van der Waals surface area contributed by atoms with E-state index in [9.17, 15) is 4.79 Å². The molecule has 0 aliphatic carbocycles. The van der Waals surface area contributed by atoms with E-state index in [1.54, 1.807) is 18.2 Å². The molecule has 0 unspecified atom stereocenters. The molecule has 1 amide bonds. The lowest BCUT2D eigenvalue weighted by Gasteiger charge is -2.03. The van der Waals surface area contributed by atoms with E-state index >= 15 is 0 Å². The quantitative estimate of drug-likeness (QED) is 0.470. The van der Waals surface area contributed by atoms with E-state index in [1.807, 2.05) is 16.7 Å². The van der Waals surface area contributed by atoms with Crippen LogP contribution < -0.4 is 4.80 Å². The second-order valence-corrected chi connectivity index (χ2v) is 8.77. The Morgan fingerprint density at radius 1 is 1.30 bits per heavy atom. The van der Waals surface area contributed by atoms with Crippen molar-refractivity contribution < 1.29 is 4.79 Å². The van der Waals surface area contributed by atoms with Crippen LogP contribution in [-0.4, -0.2) is 10.5 Å². The third-order valence-corrected chi connectivity index (χ3v) is 6.48. The molecule has 3 nitrogen and oxygen atoms in total. The summed E-state index contributed by atoms with van der Waals surface area (Å²) in [6.07, 6.45) is 1.73. The van der Waals surface area contributed by atoms with Crippen LogP contribution in [0.25, 0.3) is 10.2 Å². The summed E-state index contributed by atoms with van der Waals surface area (Å²) >= 11 is 18.5. The molecule has 3 aromatic rings. The largest absolute Gasteiger partial charge is 0.311 e. The molecule has 2 aromatic heterocycles. The first-order valence-electron chi connectivity index (χ1n) is 6.44. The Morgan fingerprint density at radius 2 is 2.09 bits per heavy atom. The summed E-state index contributed by atoms with van der Waals surface area (Å²) in [7, 11) is 0. The second-order valence-electron chi connectivity index (χ2n) is 4.51. The Bertz CT molecular complexity index is 987. The maximum absolute atomic E-state index is 12.3. The molecule has 0 atom stereocenters. The first kappa shape index (κ1) is 16.9. The van der Waals surface area contributed by atoms with Crippen molar-refractivity contribution in [2.45, 2.75) is 6.54 Å². The summed E-state index contributed by atoms with van der Waals surface area (Å²) in [5.74, 6) is -0.285. The van der Waals surface area contributed by atoms with Gasteiger partial charge in [0, 0.05) is 6.54 Å². The van der Waals surface area contributed by atoms with E-state index in [2.05, 4.69) is 27.5 Å². The third kappa shape index (κ3) is 3.32. The fraction of sp³-hybridized carbons (Fsp3) is 0.0667. The van der Waals surface area contributed by atoms with Crippen LogP contribution in [0.5, 0.6) is 0 Å². The predicted molar refractivity (Wildman–Crippen MR) is 102 cm³/mol. The summed E-state index contributed by atoms with van der Waals surface area (Å²) in [6, 6.07) is 7.18. The molecule has 3 rings (SSSR count). The van der Waals surface area contributed by atoms with Gasteiger partial charge in [-0.25, -0.2) is 0 Å². The van der Waals surface area contributed by atoms with Crippen LogP contribution in [0.2, 0.25) is 10.0 Å². The molecule has 0 bridgehead atoms. The van der Waals surface area contributed by atoms with Gasteiger partial charge in [0.25, 0.3) is 5.91 Å². The maximum Gasteiger partial charge on any atom is 0.289 e. The van der Waals surface area contributed by atoms with Crippen LogP contribution in [0.1, 0.15) is 9.67 Å². The van der Waals surface area contributed by atoms with Crippen LogP contribution in [0.3, 0.4) is 0 Å². The van der Waals surface area contributed by atoms with Gasteiger partial charge in [-0.2, -0.15) is 4.99 Å². The minimum atomic E-state index is -0.285. The van der Waals surface area contributed by atoms with Gasteiger partial charge < -0.3 is 4.57 Å².